The number of fused-ring (bicyclic) bond motifs is 1. The highest BCUT2D eigenvalue weighted by molar-refractivity contribution is 6.29. The Morgan fingerprint density at radius 2 is 2.17 bits per heavy atom. The first kappa shape index (κ1) is 19.5. The van der Waals surface area contributed by atoms with Crippen LogP contribution in [0.5, 0.6) is 0 Å². The van der Waals surface area contributed by atoms with Crippen LogP contribution in [0, 0.1) is 0 Å². The summed E-state index contributed by atoms with van der Waals surface area (Å²) in [6, 6.07) is 8.13. The molecule has 1 saturated carbocycles. The molecule has 1 fully saturated rings. The number of urea groups is 1. The van der Waals surface area contributed by atoms with Crippen molar-refractivity contribution in [2.75, 3.05) is 11.9 Å². The van der Waals surface area contributed by atoms with Gasteiger partial charge in [-0.05, 0) is 62.4 Å². The SMILES string of the molecule is CCNC(=O)NC1CCCC(Nc2cc(-c3c[nH]c4ncccc34)cc(Cl)n2)C1. The lowest BCUT2D eigenvalue weighted by Crippen LogP contribution is -2.46. The van der Waals surface area contributed by atoms with Gasteiger partial charge in [-0.2, -0.15) is 0 Å². The molecule has 2 atom stereocenters. The zero-order chi connectivity index (χ0) is 20.2. The molecule has 3 aromatic rings. The summed E-state index contributed by atoms with van der Waals surface area (Å²) in [6.45, 7) is 2.54. The van der Waals surface area contributed by atoms with Gasteiger partial charge in [0.1, 0.15) is 16.6 Å². The number of nitrogens with one attached hydrogen (secondary N) is 4. The Morgan fingerprint density at radius 3 is 3.03 bits per heavy atom. The van der Waals surface area contributed by atoms with Crippen molar-refractivity contribution in [2.24, 2.45) is 0 Å². The van der Waals surface area contributed by atoms with Crippen molar-refractivity contribution in [2.45, 2.75) is 44.7 Å². The summed E-state index contributed by atoms with van der Waals surface area (Å²) in [6.07, 6.45) is 7.65. The van der Waals surface area contributed by atoms with Crippen molar-refractivity contribution in [1.82, 2.24) is 25.6 Å². The number of nitrogens with zero attached hydrogens (tertiary/aromatic N) is 2. The van der Waals surface area contributed by atoms with Crippen LogP contribution in [-0.4, -0.2) is 39.6 Å². The average molecular weight is 413 g/mol. The van der Waals surface area contributed by atoms with E-state index in [9.17, 15) is 4.79 Å². The minimum absolute atomic E-state index is 0.103. The maximum Gasteiger partial charge on any atom is 0.314 e. The number of carbonyl (C=O) groups is 1. The summed E-state index contributed by atoms with van der Waals surface area (Å²) in [7, 11) is 0. The summed E-state index contributed by atoms with van der Waals surface area (Å²) < 4.78 is 0. The van der Waals surface area contributed by atoms with Crippen molar-refractivity contribution in [3.63, 3.8) is 0 Å². The molecular formula is C21H25ClN6O. The third-order valence-corrected chi connectivity index (χ3v) is 5.45. The molecular weight excluding hydrogens is 388 g/mol. The van der Waals surface area contributed by atoms with E-state index >= 15 is 0 Å². The van der Waals surface area contributed by atoms with E-state index in [0.29, 0.717) is 11.7 Å². The fourth-order valence-corrected chi connectivity index (χ4v) is 4.19. The molecule has 2 amide bonds. The van der Waals surface area contributed by atoms with E-state index in [1.807, 2.05) is 37.4 Å². The van der Waals surface area contributed by atoms with Gasteiger partial charge in [0, 0.05) is 42.0 Å². The predicted molar refractivity (Wildman–Crippen MR) is 116 cm³/mol. The fraction of sp³-hybridized carbons (Fsp3) is 0.381. The number of aromatic nitrogens is 3. The second-order valence-electron chi connectivity index (χ2n) is 7.37. The van der Waals surface area contributed by atoms with Gasteiger partial charge in [-0.3, -0.25) is 0 Å². The van der Waals surface area contributed by atoms with Crippen molar-refractivity contribution < 1.29 is 4.79 Å². The van der Waals surface area contributed by atoms with Crippen LogP contribution in [0.3, 0.4) is 0 Å². The molecule has 4 rings (SSSR count). The summed E-state index contributed by atoms with van der Waals surface area (Å²) in [4.78, 5) is 23.8. The molecule has 1 aliphatic rings. The number of anilines is 1. The molecule has 3 heterocycles. The number of rotatable bonds is 5. The van der Waals surface area contributed by atoms with Crippen LogP contribution in [-0.2, 0) is 0 Å². The highest BCUT2D eigenvalue weighted by Crippen LogP contribution is 2.31. The summed E-state index contributed by atoms with van der Waals surface area (Å²) in [5, 5.41) is 10.8. The molecule has 0 radical (unpaired) electrons. The lowest BCUT2D eigenvalue weighted by Gasteiger charge is -2.30. The first-order valence-corrected chi connectivity index (χ1v) is 10.4. The van der Waals surface area contributed by atoms with E-state index < -0.39 is 0 Å². The maximum absolute atomic E-state index is 11.8. The molecule has 0 aliphatic heterocycles. The smallest absolute Gasteiger partial charge is 0.314 e. The molecule has 8 heteroatoms. The fourth-order valence-electron chi connectivity index (χ4n) is 3.98. The number of halogens is 1. The van der Waals surface area contributed by atoms with Crippen LogP contribution in [0.4, 0.5) is 10.6 Å². The molecule has 0 saturated heterocycles. The van der Waals surface area contributed by atoms with Gasteiger partial charge >= 0.3 is 6.03 Å². The van der Waals surface area contributed by atoms with Crippen molar-refractivity contribution in [3.8, 4) is 11.1 Å². The zero-order valence-electron chi connectivity index (χ0n) is 16.3. The van der Waals surface area contributed by atoms with Gasteiger partial charge in [0.2, 0.25) is 0 Å². The van der Waals surface area contributed by atoms with Crippen LogP contribution in [0.2, 0.25) is 5.15 Å². The third-order valence-electron chi connectivity index (χ3n) is 5.25. The van der Waals surface area contributed by atoms with E-state index in [1.165, 1.54) is 0 Å². The second-order valence-corrected chi connectivity index (χ2v) is 7.76. The number of carbonyl (C=O) groups excluding carboxylic acids is 1. The molecule has 0 spiro atoms. The highest BCUT2D eigenvalue weighted by atomic mass is 35.5. The van der Waals surface area contributed by atoms with Crippen LogP contribution in [0.1, 0.15) is 32.6 Å². The minimum atomic E-state index is -0.103. The van der Waals surface area contributed by atoms with Gasteiger partial charge in [-0.1, -0.05) is 11.6 Å². The molecule has 0 bridgehead atoms. The van der Waals surface area contributed by atoms with Gasteiger partial charge in [-0.15, -0.1) is 0 Å². The zero-order valence-corrected chi connectivity index (χ0v) is 17.1. The number of H-pyrrole nitrogens is 1. The number of amides is 2. The number of hydrogen-bond donors (Lipinski definition) is 4. The van der Waals surface area contributed by atoms with E-state index in [-0.39, 0.29) is 18.1 Å². The maximum atomic E-state index is 11.8. The van der Waals surface area contributed by atoms with Gasteiger partial charge in [-0.25, -0.2) is 14.8 Å². The Balaban J connectivity index is 1.50. The number of hydrogen-bond acceptors (Lipinski definition) is 4. The largest absolute Gasteiger partial charge is 0.367 e. The van der Waals surface area contributed by atoms with E-state index in [2.05, 4.69) is 30.9 Å². The number of pyridine rings is 2. The van der Waals surface area contributed by atoms with Gasteiger partial charge < -0.3 is 20.9 Å². The molecule has 0 aromatic carbocycles. The van der Waals surface area contributed by atoms with E-state index in [4.69, 9.17) is 11.6 Å². The standard InChI is InChI=1S/C21H25ClN6O/c1-2-23-21(29)27-15-6-3-5-14(11-15)26-19-10-13(9-18(22)28-19)17-12-25-20-16(17)7-4-8-24-20/h4,7-10,12,14-15H,2-3,5-6,11H2,1H3,(H,24,25)(H,26,28)(H2,23,27,29). The Morgan fingerprint density at radius 1 is 1.31 bits per heavy atom. The van der Waals surface area contributed by atoms with Crippen molar-refractivity contribution in [1.29, 1.82) is 0 Å². The lowest BCUT2D eigenvalue weighted by molar-refractivity contribution is 0.232. The molecule has 4 N–H and O–H groups in total. The van der Waals surface area contributed by atoms with Gasteiger partial charge in [0.25, 0.3) is 0 Å². The van der Waals surface area contributed by atoms with Gasteiger partial charge in [0.05, 0.1) is 0 Å². The van der Waals surface area contributed by atoms with Crippen LogP contribution >= 0.6 is 11.6 Å². The Bertz CT molecular complexity index is 1000. The van der Waals surface area contributed by atoms with Crippen LogP contribution in [0.25, 0.3) is 22.2 Å². The van der Waals surface area contributed by atoms with Crippen LogP contribution < -0.4 is 16.0 Å². The molecule has 3 aromatic heterocycles. The Kier molecular flexibility index (Phi) is 5.85. The van der Waals surface area contributed by atoms with E-state index in [0.717, 1.165) is 53.7 Å². The molecule has 2 unspecified atom stereocenters. The predicted octanol–water partition coefficient (Wildman–Crippen LogP) is 4.32. The van der Waals surface area contributed by atoms with Crippen molar-refractivity contribution >= 4 is 34.5 Å². The van der Waals surface area contributed by atoms with Gasteiger partial charge in [0.15, 0.2) is 0 Å². The molecule has 29 heavy (non-hydrogen) atoms. The molecule has 152 valence electrons. The Labute approximate surface area is 174 Å². The molecule has 1 aliphatic carbocycles. The third kappa shape index (κ3) is 4.62. The second kappa shape index (κ2) is 8.69. The van der Waals surface area contributed by atoms with Crippen LogP contribution in [0.15, 0.2) is 36.7 Å². The van der Waals surface area contributed by atoms with Crippen molar-refractivity contribution in [3.05, 3.63) is 41.8 Å². The Hall–Kier alpha value is -2.80. The quantitative estimate of drug-likeness (QED) is 0.469. The normalized spacial score (nSPS) is 19.1. The summed E-state index contributed by atoms with van der Waals surface area (Å²) in [5.41, 5.74) is 2.87. The summed E-state index contributed by atoms with van der Waals surface area (Å²) >= 11 is 6.33. The van der Waals surface area contributed by atoms with E-state index in [1.54, 1.807) is 6.20 Å². The monoisotopic (exact) mass is 412 g/mol. The highest BCUT2D eigenvalue weighted by Gasteiger charge is 2.23. The average Bonchev–Trinajstić information content (AvgIpc) is 3.12. The topological polar surface area (TPSA) is 94.7 Å². The first-order valence-electron chi connectivity index (χ1n) is 10.0. The lowest BCUT2D eigenvalue weighted by atomic mass is 9.91. The number of aromatic amines is 1. The molecule has 7 nitrogen and oxygen atoms in total. The first-order chi connectivity index (χ1) is 14.1. The summed E-state index contributed by atoms with van der Waals surface area (Å²) in [5.74, 6) is 0.745. The minimum Gasteiger partial charge on any atom is -0.367 e.